The molecule has 15 heteroatoms. The lowest BCUT2D eigenvalue weighted by atomic mass is 9.93. The third-order valence-electron chi connectivity index (χ3n) is 10.3. The van der Waals surface area contributed by atoms with Crippen molar-refractivity contribution in [1.29, 1.82) is 0 Å². The first-order valence-electron chi connectivity index (χ1n) is 17.1. The maximum absolute atomic E-state index is 13.4. The normalized spacial score (nSPS) is 20.3. The number of aryl methyl sites for hydroxylation is 1. The fourth-order valence-corrected chi connectivity index (χ4v) is 8.85. The number of rotatable bonds is 8. The highest BCUT2D eigenvalue weighted by molar-refractivity contribution is 14.1. The van der Waals surface area contributed by atoms with Crippen molar-refractivity contribution in [2.24, 2.45) is 7.05 Å². The van der Waals surface area contributed by atoms with Gasteiger partial charge in [-0.25, -0.2) is 14.6 Å². The summed E-state index contributed by atoms with van der Waals surface area (Å²) in [6.45, 7) is 3.79. The van der Waals surface area contributed by atoms with Gasteiger partial charge in [0, 0.05) is 59.2 Å². The number of hydrogen-bond donors (Lipinski definition) is 4. The van der Waals surface area contributed by atoms with E-state index in [0.29, 0.717) is 32.4 Å². The summed E-state index contributed by atoms with van der Waals surface area (Å²) in [6, 6.07) is 13.3. The SMILES string of the molecule is COc1nc(-c2cccc(-c3cccc(NC(=O)c4cn(C[C@H](C)O)c(=O)n(C)c4=O)c3I)c2Cl)cc2c1[C@@H](N1CC[C@]3(CCNC(=O)N3)C1)CC2. The molecule has 2 saturated heterocycles. The first-order chi connectivity index (χ1) is 24.9. The second kappa shape index (κ2) is 14.3. The van der Waals surface area contributed by atoms with Gasteiger partial charge in [-0.3, -0.25) is 23.6 Å². The van der Waals surface area contributed by atoms with E-state index in [9.17, 15) is 24.3 Å². The van der Waals surface area contributed by atoms with Crippen LogP contribution < -0.4 is 31.9 Å². The number of halogens is 2. The molecule has 52 heavy (non-hydrogen) atoms. The van der Waals surface area contributed by atoms with Gasteiger partial charge in [0.25, 0.3) is 11.5 Å². The van der Waals surface area contributed by atoms with E-state index in [4.69, 9.17) is 21.3 Å². The number of aromatic nitrogens is 3. The Kier molecular flexibility index (Phi) is 9.93. The van der Waals surface area contributed by atoms with Crippen LogP contribution in [0, 0.1) is 3.57 Å². The highest BCUT2D eigenvalue weighted by Gasteiger charge is 2.45. The van der Waals surface area contributed by atoms with Gasteiger partial charge < -0.3 is 25.8 Å². The fraction of sp³-hybridized carbons (Fsp3) is 0.378. The zero-order valence-electron chi connectivity index (χ0n) is 29.0. The molecule has 2 aromatic heterocycles. The van der Waals surface area contributed by atoms with Crippen LogP contribution in [0.5, 0.6) is 5.88 Å². The lowest BCUT2D eigenvalue weighted by molar-refractivity contribution is 0.102. The molecule has 2 fully saturated rings. The molecule has 0 saturated carbocycles. The van der Waals surface area contributed by atoms with Gasteiger partial charge in [0.2, 0.25) is 5.88 Å². The number of methoxy groups -OCH3 is 1. The van der Waals surface area contributed by atoms with Crippen LogP contribution in [-0.2, 0) is 20.0 Å². The Morgan fingerprint density at radius 3 is 2.67 bits per heavy atom. The summed E-state index contributed by atoms with van der Waals surface area (Å²) in [5.74, 6) is -0.121. The van der Waals surface area contributed by atoms with Gasteiger partial charge in [-0.05, 0) is 78.5 Å². The number of nitrogens with one attached hydrogen (secondary N) is 3. The van der Waals surface area contributed by atoms with E-state index < -0.39 is 23.3 Å². The van der Waals surface area contributed by atoms with Crippen molar-refractivity contribution in [1.82, 2.24) is 29.7 Å². The predicted octanol–water partition coefficient (Wildman–Crippen LogP) is 4.31. The summed E-state index contributed by atoms with van der Waals surface area (Å²) in [6.07, 6.45) is 3.91. The Bertz CT molecular complexity index is 2220. The van der Waals surface area contributed by atoms with E-state index in [-0.39, 0.29) is 29.7 Å². The number of amides is 3. The van der Waals surface area contributed by atoms with Crippen LogP contribution >= 0.6 is 34.2 Å². The highest BCUT2D eigenvalue weighted by atomic mass is 127. The Hall–Kier alpha value is -4.25. The summed E-state index contributed by atoms with van der Waals surface area (Å²) in [4.78, 5) is 58.4. The molecule has 3 amide bonds. The number of hydrogen-bond acceptors (Lipinski definition) is 8. The van der Waals surface area contributed by atoms with Crippen LogP contribution in [-0.4, -0.2) is 74.4 Å². The summed E-state index contributed by atoms with van der Waals surface area (Å²) in [5, 5.41) is 19.2. The van der Waals surface area contributed by atoms with Crippen LogP contribution in [0.1, 0.15) is 53.7 Å². The smallest absolute Gasteiger partial charge is 0.330 e. The van der Waals surface area contributed by atoms with Crippen molar-refractivity contribution in [3.8, 4) is 28.3 Å². The molecule has 272 valence electrons. The second-order valence-corrected chi connectivity index (χ2v) is 15.2. The molecule has 1 spiro atoms. The van der Waals surface area contributed by atoms with Gasteiger partial charge in [-0.1, -0.05) is 41.9 Å². The molecule has 0 radical (unpaired) electrons. The third kappa shape index (κ3) is 6.61. The molecule has 0 bridgehead atoms. The van der Waals surface area contributed by atoms with Gasteiger partial charge in [-0.2, -0.15) is 0 Å². The summed E-state index contributed by atoms with van der Waals surface area (Å²) >= 11 is 9.32. The number of carbonyl (C=O) groups is 2. The maximum Gasteiger partial charge on any atom is 0.330 e. The van der Waals surface area contributed by atoms with E-state index in [0.717, 1.165) is 75.7 Å². The van der Waals surface area contributed by atoms with E-state index in [1.54, 1.807) is 19.2 Å². The zero-order chi connectivity index (χ0) is 36.9. The number of benzene rings is 2. The van der Waals surface area contributed by atoms with Gasteiger partial charge >= 0.3 is 11.7 Å². The summed E-state index contributed by atoms with van der Waals surface area (Å²) < 4.78 is 8.61. The highest BCUT2D eigenvalue weighted by Crippen LogP contribution is 2.46. The molecule has 1 aliphatic carbocycles. The van der Waals surface area contributed by atoms with Gasteiger partial charge in [0.05, 0.1) is 41.7 Å². The number of aliphatic hydroxyl groups excluding tert-OH is 1. The number of carbonyl (C=O) groups excluding carboxylic acids is 2. The molecule has 3 atom stereocenters. The molecule has 2 aromatic carbocycles. The topological polar surface area (TPSA) is 160 Å². The Labute approximate surface area is 318 Å². The first-order valence-corrected chi connectivity index (χ1v) is 18.6. The number of nitrogens with zero attached hydrogens (tertiary/aromatic N) is 4. The third-order valence-corrected chi connectivity index (χ3v) is 11.9. The largest absolute Gasteiger partial charge is 0.481 e. The Morgan fingerprint density at radius 2 is 1.92 bits per heavy atom. The average molecular weight is 840 g/mol. The number of anilines is 1. The van der Waals surface area contributed by atoms with Gasteiger partial charge in [0.15, 0.2) is 0 Å². The second-order valence-electron chi connectivity index (χ2n) is 13.8. The number of ether oxygens (including phenoxy) is 1. The monoisotopic (exact) mass is 839 g/mol. The molecule has 7 rings (SSSR count). The van der Waals surface area contributed by atoms with E-state index >= 15 is 0 Å². The molecule has 3 aliphatic rings. The summed E-state index contributed by atoms with van der Waals surface area (Å²) in [5.41, 5.74) is 3.81. The first kappa shape index (κ1) is 36.1. The Morgan fingerprint density at radius 1 is 1.17 bits per heavy atom. The van der Waals surface area contributed by atoms with Crippen LogP contribution in [0.3, 0.4) is 0 Å². The standard InChI is InChI=1S/C37H39ClIN7O6/c1-20(47)17-46-18-25(34(49)44(2)36(46)51)32(48)41-26-9-5-7-23(31(26)39)22-6-4-8-24(30(22)38)27-16-21-10-11-28(29(21)33(42-27)52-3)45-15-13-37(19-45)12-14-40-35(50)43-37/h4-9,16,18,20,28,47H,10-15,17,19H2,1-3H3,(H,41,48)(H2,40,43,50)/t20-,28-,37+/m0/s1. The molecule has 4 heterocycles. The van der Waals surface area contributed by atoms with Crippen molar-refractivity contribution >= 4 is 51.8 Å². The van der Waals surface area contributed by atoms with Crippen LogP contribution in [0.4, 0.5) is 10.5 Å². The number of urea groups is 1. The Balaban J connectivity index is 1.17. The number of likely N-dealkylation sites (tertiary alicyclic amines) is 1. The summed E-state index contributed by atoms with van der Waals surface area (Å²) in [7, 11) is 2.93. The van der Waals surface area contributed by atoms with Crippen LogP contribution in [0.2, 0.25) is 5.02 Å². The molecule has 13 nitrogen and oxygen atoms in total. The quantitative estimate of drug-likeness (QED) is 0.191. The van der Waals surface area contributed by atoms with Crippen LogP contribution in [0.25, 0.3) is 22.4 Å². The molecular formula is C37H39ClIN7O6. The van der Waals surface area contributed by atoms with Crippen molar-refractivity contribution in [2.75, 3.05) is 32.1 Å². The lowest BCUT2D eigenvalue weighted by Crippen LogP contribution is -2.59. The molecule has 2 aliphatic heterocycles. The number of fused-ring (bicyclic) bond motifs is 1. The minimum atomic E-state index is -0.858. The van der Waals surface area contributed by atoms with Crippen molar-refractivity contribution < 1.29 is 19.4 Å². The lowest BCUT2D eigenvalue weighted by Gasteiger charge is -2.36. The zero-order valence-corrected chi connectivity index (χ0v) is 31.9. The number of aliphatic hydroxyl groups is 1. The fourth-order valence-electron chi connectivity index (χ4n) is 7.74. The van der Waals surface area contributed by atoms with E-state index in [1.165, 1.54) is 20.2 Å². The van der Waals surface area contributed by atoms with Gasteiger partial charge in [-0.15, -0.1) is 0 Å². The molecular weight excluding hydrogens is 801 g/mol. The maximum atomic E-state index is 13.4. The van der Waals surface area contributed by atoms with E-state index in [1.807, 2.05) is 24.3 Å². The number of pyridine rings is 1. The molecule has 4 aromatic rings. The minimum absolute atomic E-state index is 0.0708. The van der Waals surface area contributed by atoms with Crippen molar-refractivity contribution in [3.63, 3.8) is 0 Å². The van der Waals surface area contributed by atoms with Crippen LogP contribution in [0.15, 0.2) is 58.3 Å². The van der Waals surface area contributed by atoms with Crippen molar-refractivity contribution in [3.05, 3.63) is 94.8 Å². The molecule has 4 N–H and O–H groups in total. The minimum Gasteiger partial charge on any atom is -0.481 e. The van der Waals surface area contributed by atoms with Crippen molar-refractivity contribution in [2.45, 2.75) is 56.8 Å². The predicted molar refractivity (Wildman–Crippen MR) is 206 cm³/mol. The molecule has 0 unspecified atom stereocenters. The van der Waals surface area contributed by atoms with E-state index in [2.05, 4.69) is 49.5 Å². The average Bonchev–Trinajstić information content (AvgIpc) is 3.73. The van der Waals surface area contributed by atoms with Gasteiger partial charge in [0.1, 0.15) is 5.56 Å².